The van der Waals surface area contributed by atoms with Crippen molar-refractivity contribution in [3.8, 4) is 0 Å². The molecule has 14 nitrogen and oxygen atoms in total. The molecule has 1 aromatic carbocycles. The third kappa shape index (κ3) is 7.21. The molecule has 4 fully saturated rings. The van der Waals surface area contributed by atoms with E-state index in [2.05, 4.69) is 5.32 Å². The van der Waals surface area contributed by atoms with Crippen LogP contribution in [0.25, 0.3) is 0 Å². The zero-order chi connectivity index (χ0) is 40.8. The second kappa shape index (κ2) is 16.1. The van der Waals surface area contributed by atoms with Crippen molar-refractivity contribution in [2.45, 2.75) is 140 Å². The average molecular weight is 802 g/mol. The SMILES string of the molecule is CC(=O)O[C@@]12CO[C@@H]1C[C@H](O)[C@@]1(C)C(=O)[C@H](O)C3=C(C)[C@@H]4C[C@@](O)([C@@H](OC(=O)CCCCSCCCCC(=O)N[C@@H](c5ccccc5)[C@@H](O)C(=O)O4)[C@H]21)C3(C)C. The van der Waals surface area contributed by atoms with Gasteiger partial charge < -0.3 is 44.7 Å². The van der Waals surface area contributed by atoms with Crippen LogP contribution in [0.15, 0.2) is 41.5 Å². The lowest BCUT2D eigenvalue weighted by molar-refractivity contribution is -0.347. The van der Waals surface area contributed by atoms with Crippen molar-refractivity contribution in [2.75, 3.05) is 18.1 Å². The van der Waals surface area contributed by atoms with Crippen LogP contribution in [0.4, 0.5) is 0 Å². The number of esters is 3. The van der Waals surface area contributed by atoms with Crippen LogP contribution in [0.1, 0.15) is 97.6 Å². The third-order valence-corrected chi connectivity index (χ3v) is 14.2. The van der Waals surface area contributed by atoms with E-state index in [-0.39, 0.29) is 42.9 Å². The van der Waals surface area contributed by atoms with E-state index < -0.39 is 101 Å². The predicted octanol–water partition coefficient (Wildman–Crippen LogP) is 2.62. The first-order valence-corrected chi connectivity index (χ1v) is 20.7. The highest BCUT2D eigenvalue weighted by Crippen LogP contribution is 2.64. The highest BCUT2D eigenvalue weighted by Gasteiger charge is 2.78. The summed E-state index contributed by atoms with van der Waals surface area (Å²) in [6.07, 6.45) is -7.42. The minimum atomic E-state index is -2.26. The molecular weight excluding hydrogens is 747 g/mol. The maximum Gasteiger partial charge on any atom is 0.338 e. The van der Waals surface area contributed by atoms with Gasteiger partial charge in [-0.25, -0.2) is 4.79 Å². The highest BCUT2D eigenvalue weighted by atomic mass is 32.2. The second-order valence-electron chi connectivity index (χ2n) is 16.7. The van der Waals surface area contributed by atoms with Crippen LogP contribution < -0.4 is 5.32 Å². The van der Waals surface area contributed by atoms with Gasteiger partial charge in [0.1, 0.15) is 30.0 Å². The Bertz CT molecular complexity index is 1730. The smallest absolute Gasteiger partial charge is 0.338 e. The minimum absolute atomic E-state index is 0.00619. The van der Waals surface area contributed by atoms with Gasteiger partial charge in [0, 0.05) is 38.0 Å². The number of amides is 1. The van der Waals surface area contributed by atoms with Gasteiger partial charge in [0.2, 0.25) is 5.91 Å². The van der Waals surface area contributed by atoms with Crippen LogP contribution in [-0.2, 0) is 42.9 Å². The summed E-state index contributed by atoms with van der Waals surface area (Å²) in [5.74, 6) is -3.73. The van der Waals surface area contributed by atoms with Crippen molar-refractivity contribution in [3.05, 3.63) is 47.0 Å². The number of hydrogen-bond donors (Lipinski definition) is 5. The molecule has 3 bridgehead atoms. The van der Waals surface area contributed by atoms with Crippen LogP contribution in [0.2, 0.25) is 0 Å². The first-order valence-electron chi connectivity index (χ1n) is 19.6. The molecule has 0 radical (unpaired) electrons. The maximum atomic E-state index is 14.9. The van der Waals surface area contributed by atoms with E-state index in [1.807, 2.05) is 0 Å². The molecule has 5 aliphatic rings. The van der Waals surface area contributed by atoms with Crippen molar-refractivity contribution in [1.29, 1.82) is 0 Å². The summed E-state index contributed by atoms with van der Waals surface area (Å²) >= 11 is 1.68. The summed E-state index contributed by atoms with van der Waals surface area (Å²) in [7, 11) is 0. The van der Waals surface area contributed by atoms with Crippen LogP contribution >= 0.6 is 11.8 Å². The molecule has 2 heterocycles. The molecule has 2 aliphatic heterocycles. The molecule has 0 aromatic heterocycles. The van der Waals surface area contributed by atoms with E-state index in [4.69, 9.17) is 18.9 Å². The molecule has 0 unspecified atom stereocenters. The summed E-state index contributed by atoms with van der Waals surface area (Å²) in [6, 6.07) is 7.26. The molecule has 56 heavy (non-hydrogen) atoms. The van der Waals surface area contributed by atoms with Crippen molar-refractivity contribution in [3.63, 3.8) is 0 Å². The Morgan fingerprint density at radius 1 is 0.946 bits per heavy atom. The summed E-state index contributed by atoms with van der Waals surface area (Å²) in [6.45, 7) is 7.09. The number of aliphatic hydroxyl groups is 4. The van der Waals surface area contributed by atoms with Gasteiger partial charge in [-0.1, -0.05) is 44.2 Å². The highest BCUT2D eigenvalue weighted by molar-refractivity contribution is 7.99. The lowest BCUT2D eigenvalue weighted by Crippen LogP contribution is -2.81. The van der Waals surface area contributed by atoms with Crippen LogP contribution in [0.5, 0.6) is 0 Å². The Morgan fingerprint density at radius 3 is 2.23 bits per heavy atom. The van der Waals surface area contributed by atoms with Crippen LogP contribution in [0, 0.1) is 16.7 Å². The molecular formula is C41H55NO13S. The molecule has 308 valence electrons. The molecule has 6 rings (SSSR count). The Balaban J connectivity index is 1.50. The van der Waals surface area contributed by atoms with Gasteiger partial charge in [-0.05, 0) is 67.7 Å². The first-order chi connectivity index (χ1) is 26.4. The number of rotatable bonds is 2. The Hall–Kier alpha value is -3.34. The van der Waals surface area contributed by atoms with Gasteiger partial charge in [0.05, 0.1) is 30.1 Å². The predicted molar refractivity (Wildman–Crippen MR) is 202 cm³/mol. The molecule has 15 heteroatoms. The molecule has 5 N–H and O–H groups in total. The molecule has 3 aliphatic carbocycles. The summed E-state index contributed by atoms with van der Waals surface area (Å²) in [5, 5.41) is 51.7. The van der Waals surface area contributed by atoms with Crippen molar-refractivity contribution in [2.24, 2.45) is 16.7 Å². The van der Waals surface area contributed by atoms with Gasteiger partial charge in [-0.2, -0.15) is 11.8 Å². The summed E-state index contributed by atoms with van der Waals surface area (Å²) in [4.78, 5) is 68.8. The largest absolute Gasteiger partial charge is 0.459 e. The fourth-order valence-corrected chi connectivity index (χ4v) is 10.9. The molecule has 11 atom stereocenters. The lowest BCUT2D eigenvalue weighted by atomic mass is 9.44. The van der Waals surface area contributed by atoms with Crippen LogP contribution in [0.3, 0.4) is 0 Å². The average Bonchev–Trinajstić information content (AvgIpc) is 3.14. The van der Waals surface area contributed by atoms with Crippen molar-refractivity contribution >= 4 is 41.4 Å². The number of benzene rings is 1. The van der Waals surface area contributed by atoms with E-state index in [1.165, 1.54) is 13.8 Å². The number of carbonyl (C=O) groups is 5. The fourth-order valence-electron chi connectivity index (χ4n) is 9.88. The molecule has 2 saturated carbocycles. The van der Waals surface area contributed by atoms with E-state index >= 15 is 0 Å². The van der Waals surface area contributed by atoms with Crippen molar-refractivity contribution < 1.29 is 63.3 Å². The van der Waals surface area contributed by atoms with E-state index in [0.29, 0.717) is 24.8 Å². The summed E-state index contributed by atoms with van der Waals surface area (Å²) < 4.78 is 24.2. The van der Waals surface area contributed by atoms with E-state index in [0.717, 1.165) is 17.9 Å². The quantitative estimate of drug-likeness (QED) is 0.165. The van der Waals surface area contributed by atoms with Crippen LogP contribution in [-0.4, -0.2) is 116 Å². The Morgan fingerprint density at radius 2 is 1.61 bits per heavy atom. The standard InChI is InChI=1S/C41H55NO13S/c1-22-25-20-41(51)36(34-39(5,35(49)32(47)30(22)38(41,3)4)26(44)19-27-40(34,21-52-27)55-23(2)43)54-29(46)16-10-12-18-56-17-11-9-15-28(45)42-31(33(48)37(50)53-25)24-13-7-6-8-14-24/h6-8,13-14,25-27,31-34,36,44,47-48,51H,9-12,15-21H2,1-5H3,(H,42,45)/t25-,26-,27+,31-,32+,33+,34-,36-,39+,40-,41+/m0/s1. The van der Waals surface area contributed by atoms with Gasteiger partial charge in [-0.3, -0.25) is 19.2 Å². The van der Waals surface area contributed by atoms with Gasteiger partial charge in [-0.15, -0.1) is 0 Å². The van der Waals surface area contributed by atoms with E-state index in [1.54, 1.807) is 62.9 Å². The number of fused-ring (bicyclic) bond motifs is 6. The zero-order valence-electron chi connectivity index (χ0n) is 32.7. The second-order valence-corrected chi connectivity index (χ2v) is 18.0. The number of nitrogens with one attached hydrogen (secondary N) is 1. The third-order valence-electron chi connectivity index (χ3n) is 13.1. The summed E-state index contributed by atoms with van der Waals surface area (Å²) in [5.41, 5.74) is -6.77. The number of ether oxygens (including phenoxy) is 4. The minimum Gasteiger partial charge on any atom is -0.459 e. The normalized spacial score (nSPS) is 39.9. The Kier molecular flexibility index (Phi) is 12.2. The first kappa shape index (κ1) is 42.3. The molecule has 2 saturated heterocycles. The Labute approximate surface area is 331 Å². The zero-order valence-corrected chi connectivity index (χ0v) is 33.5. The molecule has 0 spiro atoms. The number of ketones is 1. The topological polar surface area (TPSA) is 215 Å². The van der Waals surface area contributed by atoms with Gasteiger partial charge >= 0.3 is 17.9 Å². The van der Waals surface area contributed by atoms with E-state index in [9.17, 15) is 44.4 Å². The van der Waals surface area contributed by atoms with Crippen molar-refractivity contribution in [1.82, 2.24) is 5.32 Å². The lowest BCUT2D eigenvalue weighted by Gasteiger charge is -2.67. The number of hydrogen-bond acceptors (Lipinski definition) is 14. The maximum absolute atomic E-state index is 14.9. The number of carbonyl (C=O) groups excluding carboxylic acids is 5. The molecule has 1 amide bonds. The molecule has 1 aromatic rings. The van der Waals surface area contributed by atoms with Gasteiger partial charge in [0.25, 0.3) is 0 Å². The number of aliphatic hydroxyl groups excluding tert-OH is 3. The number of thioether (sulfide) groups is 1. The number of Topliss-reactive ketones (excluding diaryl/α,β-unsaturated/α-hetero) is 1. The fraction of sp³-hybridized carbons (Fsp3) is 0.683. The monoisotopic (exact) mass is 801 g/mol. The van der Waals surface area contributed by atoms with Gasteiger partial charge in [0.15, 0.2) is 17.5 Å².